The lowest BCUT2D eigenvalue weighted by Gasteiger charge is -2.15. The van der Waals surface area contributed by atoms with Gasteiger partial charge in [-0.3, -0.25) is 4.79 Å². The van der Waals surface area contributed by atoms with Gasteiger partial charge in [-0.25, -0.2) is 4.79 Å². The number of likely N-dealkylation sites (tertiary alicyclic amines) is 1. The topological polar surface area (TPSA) is 88.6 Å². The van der Waals surface area contributed by atoms with Gasteiger partial charge in [0.05, 0.1) is 5.56 Å². The van der Waals surface area contributed by atoms with Crippen molar-refractivity contribution in [1.29, 1.82) is 0 Å². The summed E-state index contributed by atoms with van der Waals surface area (Å²) in [5.74, 6) is 1.12. The van der Waals surface area contributed by atoms with Gasteiger partial charge in [-0.1, -0.05) is 30.3 Å². The van der Waals surface area contributed by atoms with E-state index in [4.69, 9.17) is 10.2 Å². The minimum absolute atomic E-state index is 0.0942. The number of aryl methyl sites for hydroxylation is 1. The smallest absolute Gasteiger partial charge is 0.314 e. The number of nitrogens with zero attached hydrogens (tertiary/aromatic N) is 1. The van der Waals surface area contributed by atoms with Crippen LogP contribution >= 0.6 is 0 Å². The lowest BCUT2D eigenvalue weighted by atomic mass is 10.0. The molecule has 0 spiro atoms. The Hall–Kier alpha value is -2.76. The van der Waals surface area contributed by atoms with Crippen molar-refractivity contribution in [3.63, 3.8) is 0 Å². The molecule has 24 heavy (non-hydrogen) atoms. The zero-order chi connectivity index (χ0) is 17.3. The predicted octanol–water partition coefficient (Wildman–Crippen LogP) is 2.45. The number of nitrogens with one attached hydrogen (secondary N) is 1. The van der Waals surface area contributed by atoms with Gasteiger partial charge in [-0.15, -0.1) is 0 Å². The summed E-state index contributed by atoms with van der Waals surface area (Å²) >= 11 is 0. The van der Waals surface area contributed by atoms with Crippen molar-refractivity contribution in [3.8, 4) is 11.3 Å². The maximum atomic E-state index is 12.8. The van der Waals surface area contributed by atoms with Gasteiger partial charge >= 0.3 is 6.03 Å². The molecular formula is C18H21N3O3. The quantitative estimate of drug-likeness (QED) is 0.907. The molecule has 1 saturated heterocycles. The largest absolute Gasteiger partial charge is 0.460 e. The number of urea groups is 1. The van der Waals surface area contributed by atoms with Crippen molar-refractivity contribution in [2.24, 2.45) is 5.73 Å². The molecule has 3 amide bonds. The van der Waals surface area contributed by atoms with Crippen molar-refractivity contribution in [3.05, 3.63) is 47.2 Å². The number of carbonyl (C=O) groups is 2. The Morgan fingerprint density at radius 3 is 2.58 bits per heavy atom. The fourth-order valence-electron chi connectivity index (χ4n) is 3.03. The molecule has 3 rings (SSSR count). The molecule has 0 bridgehead atoms. The number of nitrogens with two attached hydrogens (primary N) is 1. The van der Waals surface area contributed by atoms with E-state index in [0.29, 0.717) is 30.8 Å². The third-order valence-electron chi connectivity index (χ3n) is 4.48. The molecule has 1 aromatic heterocycles. The van der Waals surface area contributed by atoms with Crippen LogP contribution in [0.3, 0.4) is 0 Å². The van der Waals surface area contributed by atoms with E-state index in [9.17, 15) is 9.59 Å². The number of furan rings is 1. The molecule has 0 radical (unpaired) electrons. The molecule has 6 nitrogen and oxygen atoms in total. The highest BCUT2D eigenvalue weighted by molar-refractivity contribution is 6.01. The van der Waals surface area contributed by atoms with Gasteiger partial charge < -0.3 is 20.4 Å². The van der Waals surface area contributed by atoms with Gasteiger partial charge in [0.1, 0.15) is 11.5 Å². The molecule has 0 unspecified atom stereocenters. The van der Waals surface area contributed by atoms with Crippen molar-refractivity contribution in [2.45, 2.75) is 26.3 Å². The van der Waals surface area contributed by atoms with Crippen LogP contribution in [0.4, 0.5) is 4.79 Å². The number of amides is 3. The third kappa shape index (κ3) is 2.99. The molecule has 0 saturated carbocycles. The van der Waals surface area contributed by atoms with E-state index in [2.05, 4.69) is 5.32 Å². The van der Waals surface area contributed by atoms with Crippen LogP contribution in [0.1, 0.15) is 28.1 Å². The van der Waals surface area contributed by atoms with Crippen molar-refractivity contribution < 1.29 is 14.0 Å². The Balaban J connectivity index is 1.84. The van der Waals surface area contributed by atoms with Crippen LogP contribution < -0.4 is 11.1 Å². The highest BCUT2D eigenvalue weighted by Crippen LogP contribution is 2.31. The minimum Gasteiger partial charge on any atom is -0.460 e. The number of benzene rings is 1. The Labute approximate surface area is 140 Å². The zero-order valence-corrected chi connectivity index (χ0v) is 13.8. The van der Waals surface area contributed by atoms with Crippen molar-refractivity contribution >= 4 is 11.9 Å². The van der Waals surface area contributed by atoms with Crippen LogP contribution in [0.2, 0.25) is 0 Å². The van der Waals surface area contributed by atoms with Crippen molar-refractivity contribution in [2.75, 3.05) is 13.1 Å². The first kappa shape index (κ1) is 16.1. The molecule has 1 fully saturated rings. The van der Waals surface area contributed by atoms with Crippen LogP contribution in [0.5, 0.6) is 0 Å². The molecule has 1 aliphatic heterocycles. The molecule has 126 valence electrons. The molecule has 1 aliphatic rings. The molecule has 6 heteroatoms. The first-order valence-electron chi connectivity index (χ1n) is 7.98. The normalized spacial score (nSPS) is 17.1. The molecule has 0 aliphatic carbocycles. The number of hydrogen-bond donors (Lipinski definition) is 2. The monoisotopic (exact) mass is 327 g/mol. The third-order valence-corrected chi connectivity index (χ3v) is 4.48. The first-order chi connectivity index (χ1) is 11.5. The SMILES string of the molecule is Cc1oc(-c2ccccc2)c(C(=O)N[C@@H]2CCN(C(N)=O)C2)c1C. The molecule has 2 heterocycles. The van der Waals surface area contributed by atoms with E-state index < -0.39 is 6.03 Å². The summed E-state index contributed by atoms with van der Waals surface area (Å²) in [6.45, 7) is 4.74. The second-order valence-corrected chi connectivity index (χ2v) is 6.10. The highest BCUT2D eigenvalue weighted by Gasteiger charge is 2.29. The summed E-state index contributed by atoms with van der Waals surface area (Å²) in [4.78, 5) is 25.6. The van der Waals surface area contributed by atoms with Gasteiger partial charge in [0.15, 0.2) is 0 Å². The van der Waals surface area contributed by atoms with E-state index in [-0.39, 0.29) is 11.9 Å². The summed E-state index contributed by atoms with van der Waals surface area (Å²) in [6, 6.07) is 9.02. The molecule has 2 aromatic rings. The fourth-order valence-corrected chi connectivity index (χ4v) is 3.03. The minimum atomic E-state index is -0.452. The standard InChI is InChI=1S/C18H21N3O3/c1-11-12(2)24-16(13-6-4-3-5-7-13)15(11)17(22)20-14-8-9-21(10-14)18(19)23/h3-7,14H,8-10H2,1-2H3,(H2,19,23)(H,20,22)/t14-/m1/s1. The van der Waals surface area contributed by atoms with E-state index in [1.807, 2.05) is 44.2 Å². The van der Waals surface area contributed by atoms with Crippen LogP contribution in [0.25, 0.3) is 11.3 Å². The summed E-state index contributed by atoms with van der Waals surface area (Å²) in [7, 11) is 0. The number of carbonyl (C=O) groups excluding carboxylic acids is 2. The maximum absolute atomic E-state index is 12.8. The van der Waals surface area contributed by atoms with Crippen LogP contribution in [-0.2, 0) is 0 Å². The van der Waals surface area contributed by atoms with E-state index in [1.165, 1.54) is 4.90 Å². The van der Waals surface area contributed by atoms with Gasteiger partial charge in [0, 0.05) is 30.3 Å². The van der Waals surface area contributed by atoms with E-state index in [0.717, 1.165) is 16.9 Å². The van der Waals surface area contributed by atoms with Gasteiger partial charge in [-0.05, 0) is 20.3 Å². The maximum Gasteiger partial charge on any atom is 0.314 e. The first-order valence-corrected chi connectivity index (χ1v) is 7.98. The Bertz CT molecular complexity index is 767. The van der Waals surface area contributed by atoms with Gasteiger partial charge in [-0.2, -0.15) is 0 Å². The molecule has 1 aromatic carbocycles. The molecule has 1 atom stereocenters. The molecular weight excluding hydrogens is 306 g/mol. The summed E-state index contributed by atoms with van der Waals surface area (Å²) < 4.78 is 5.83. The number of primary amides is 1. The molecule has 3 N–H and O–H groups in total. The fraction of sp³-hybridized carbons (Fsp3) is 0.333. The average Bonchev–Trinajstić information content (AvgIpc) is 3.14. The van der Waals surface area contributed by atoms with Crippen molar-refractivity contribution in [1.82, 2.24) is 10.2 Å². The van der Waals surface area contributed by atoms with E-state index >= 15 is 0 Å². The Kier molecular flexibility index (Phi) is 4.29. The average molecular weight is 327 g/mol. The van der Waals surface area contributed by atoms with Gasteiger partial charge in [0.2, 0.25) is 0 Å². The second kappa shape index (κ2) is 6.39. The van der Waals surface area contributed by atoms with Crippen LogP contribution in [0, 0.1) is 13.8 Å². The highest BCUT2D eigenvalue weighted by atomic mass is 16.3. The zero-order valence-electron chi connectivity index (χ0n) is 13.8. The lowest BCUT2D eigenvalue weighted by Crippen LogP contribution is -2.40. The Morgan fingerprint density at radius 2 is 1.96 bits per heavy atom. The predicted molar refractivity (Wildman–Crippen MR) is 90.6 cm³/mol. The number of rotatable bonds is 3. The summed E-state index contributed by atoms with van der Waals surface area (Å²) in [6.07, 6.45) is 0.700. The lowest BCUT2D eigenvalue weighted by molar-refractivity contribution is 0.0937. The van der Waals surface area contributed by atoms with Crippen LogP contribution in [0.15, 0.2) is 34.7 Å². The Morgan fingerprint density at radius 1 is 1.25 bits per heavy atom. The summed E-state index contributed by atoms with van der Waals surface area (Å²) in [5, 5.41) is 3.00. The number of hydrogen-bond acceptors (Lipinski definition) is 3. The van der Waals surface area contributed by atoms with E-state index in [1.54, 1.807) is 0 Å². The van der Waals surface area contributed by atoms with Gasteiger partial charge in [0.25, 0.3) is 5.91 Å². The second-order valence-electron chi connectivity index (χ2n) is 6.10. The summed E-state index contributed by atoms with van der Waals surface area (Å²) in [5.41, 5.74) is 7.54. The van der Waals surface area contributed by atoms with Crippen LogP contribution in [-0.4, -0.2) is 36.0 Å².